The SMILES string of the molecule is CC(C)C1CCCCC1NCC1CCCC(O)C1. The fourth-order valence-corrected chi connectivity index (χ4v) is 3.98. The summed E-state index contributed by atoms with van der Waals surface area (Å²) in [6.07, 6.45) is 10.1. The Hall–Kier alpha value is -0.0800. The molecule has 0 heterocycles. The largest absolute Gasteiger partial charge is 0.393 e. The zero-order chi connectivity index (χ0) is 13.0. The Kier molecular flexibility index (Phi) is 5.50. The summed E-state index contributed by atoms with van der Waals surface area (Å²) in [5.41, 5.74) is 0. The summed E-state index contributed by atoms with van der Waals surface area (Å²) >= 11 is 0. The molecule has 0 aliphatic heterocycles. The first kappa shape index (κ1) is 14.3. The second-order valence-corrected chi connectivity index (χ2v) is 6.89. The highest BCUT2D eigenvalue weighted by Crippen LogP contribution is 2.31. The first-order valence-corrected chi connectivity index (χ1v) is 8.08. The molecule has 2 saturated carbocycles. The van der Waals surface area contributed by atoms with Gasteiger partial charge in [-0.15, -0.1) is 0 Å². The average Bonchev–Trinajstić information content (AvgIpc) is 2.37. The molecule has 0 aromatic heterocycles. The third-order valence-electron chi connectivity index (χ3n) is 5.10. The predicted octanol–water partition coefficient (Wildman–Crippen LogP) is 3.34. The molecule has 4 atom stereocenters. The molecule has 0 amide bonds. The summed E-state index contributed by atoms with van der Waals surface area (Å²) in [5, 5.41) is 13.6. The van der Waals surface area contributed by atoms with Gasteiger partial charge in [0.2, 0.25) is 0 Å². The van der Waals surface area contributed by atoms with Crippen molar-refractivity contribution in [2.45, 2.75) is 77.4 Å². The molecule has 0 spiro atoms. The highest BCUT2D eigenvalue weighted by atomic mass is 16.3. The number of aliphatic hydroxyl groups excluding tert-OH is 1. The summed E-state index contributed by atoms with van der Waals surface area (Å²) in [4.78, 5) is 0. The van der Waals surface area contributed by atoms with E-state index in [9.17, 15) is 5.11 Å². The third kappa shape index (κ3) is 3.96. The minimum Gasteiger partial charge on any atom is -0.393 e. The first-order valence-electron chi connectivity index (χ1n) is 8.08. The van der Waals surface area contributed by atoms with Crippen molar-refractivity contribution in [2.75, 3.05) is 6.54 Å². The molecular formula is C16H31NO. The van der Waals surface area contributed by atoms with Crippen molar-refractivity contribution < 1.29 is 5.11 Å². The van der Waals surface area contributed by atoms with Crippen molar-refractivity contribution in [1.82, 2.24) is 5.32 Å². The molecule has 2 fully saturated rings. The molecule has 0 bridgehead atoms. The molecule has 0 saturated heterocycles. The molecule has 0 radical (unpaired) electrons. The topological polar surface area (TPSA) is 32.3 Å². The quantitative estimate of drug-likeness (QED) is 0.805. The number of nitrogens with one attached hydrogen (secondary N) is 1. The average molecular weight is 253 g/mol. The van der Waals surface area contributed by atoms with Crippen molar-refractivity contribution in [2.24, 2.45) is 17.8 Å². The van der Waals surface area contributed by atoms with Crippen LogP contribution in [-0.2, 0) is 0 Å². The smallest absolute Gasteiger partial charge is 0.0543 e. The molecule has 18 heavy (non-hydrogen) atoms. The van der Waals surface area contributed by atoms with Crippen molar-refractivity contribution in [3.8, 4) is 0 Å². The van der Waals surface area contributed by atoms with Gasteiger partial charge in [-0.25, -0.2) is 0 Å². The second kappa shape index (κ2) is 6.91. The standard InChI is InChI=1S/C16H31NO/c1-12(2)15-8-3-4-9-16(15)17-11-13-6-5-7-14(18)10-13/h12-18H,3-11H2,1-2H3. The summed E-state index contributed by atoms with van der Waals surface area (Å²) < 4.78 is 0. The summed E-state index contributed by atoms with van der Waals surface area (Å²) in [5.74, 6) is 2.38. The van der Waals surface area contributed by atoms with Crippen molar-refractivity contribution in [3.05, 3.63) is 0 Å². The molecule has 0 aromatic rings. The molecule has 2 N–H and O–H groups in total. The fraction of sp³-hybridized carbons (Fsp3) is 1.00. The van der Waals surface area contributed by atoms with Crippen LogP contribution >= 0.6 is 0 Å². The zero-order valence-electron chi connectivity index (χ0n) is 12.2. The lowest BCUT2D eigenvalue weighted by Gasteiger charge is -2.36. The molecule has 2 heteroatoms. The van der Waals surface area contributed by atoms with Gasteiger partial charge in [-0.3, -0.25) is 0 Å². The van der Waals surface area contributed by atoms with E-state index < -0.39 is 0 Å². The van der Waals surface area contributed by atoms with Crippen LogP contribution in [0.1, 0.15) is 65.2 Å². The fourth-order valence-electron chi connectivity index (χ4n) is 3.98. The van der Waals surface area contributed by atoms with Gasteiger partial charge in [0, 0.05) is 6.04 Å². The normalized spacial score (nSPS) is 38.0. The van der Waals surface area contributed by atoms with Crippen LogP contribution in [0.15, 0.2) is 0 Å². The summed E-state index contributed by atoms with van der Waals surface area (Å²) in [7, 11) is 0. The minimum atomic E-state index is -0.0298. The van der Waals surface area contributed by atoms with Crippen LogP contribution < -0.4 is 5.32 Å². The van der Waals surface area contributed by atoms with Gasteiger partial charge >= 0.3 is 0 Å². The Morgan fingerprint density at radius 2 is 1.83 bits per heavy atom. The van der Waals surface area contributed by atoms with E-state index in [1.54, 1.807) is 0 Å². The maximum atomic E-state index is 9.73. The molecule has 2 aliphatic carbocycles. The Bertz CT molecular complexity index is 241. The van der Waals surface area contributed by atoms with E-state index >= 15 is 0 Å². The van der Waals surface area contributed by atoms with E-state index in [2.05, 4.69) is 19.2 Å². The predicted molar refractivity (Wildman–Crippen MR) is 76.6 cm³/mol. The molecule has 2 aliphatic rings. The van der Waals surface area contributed by atoms with Crippen LogP contribution in [0.2, 0.25) is 0 Å². The van der Waals surface area contributed by atoms with E-state index in [0.717, 1.165) is 37.3 Å². The third-order valence-corrected chi connectivity index (χ3v) is 5.10. The van der Waals surface area contributed by atoms with Gasteiger partial charge in [0.05, 0.1) is 6.10 Å². The maximum Gasteiger partial charge on any atom is 0.0543 e. The van der Waals surface area contributed by atoms with Crippen LogP contribution in [0.25, 0.3) is 0 Å². The molecule has 106 valence electrons. The van der Waals surface area contributed by atoms with Crippen molar-refractivity contribution >= 4 is 0 Å². The highest BCUT2D eigenvalue weighted by molar-refractivity contribution is 4.84. The van der Waals surface area contributed by atoms with Crippen molar-refractivity contribution in [3.63, 3.8) is 0 Å². The van der Waals surface area contributed by atoms with Gasteiger partial charge in [0.1, 0.15) is 0 Å². The molecule has 0 aromatic carbocycles. The van der Waals surface area contributed by atoms with Crippen LogP contribution in [0.3, 0.4) is 0 Å². The lowest BCUT2D eigenvalue weighted by atomic mass is 9.77. The minimum absolute atomic E-state index is 0.0298. The van der Waals surface area contributed by atoms with Gasteiger partial charge in [-0.1, -0.05) is 33.1 Å². The molecule has 2 nitrogen and oxygen atoms in total. The van der Waals surface area contributed by atoms with E-state index in [4.69, 9.17) is 0 Å². The van der Waals surface area contributed by atoms with Gasteiger partial charge in [-0.2, -0.15) is 0 Å². The number of hydrogen-bond donors (Lipinski definition) is 2. The van der Waals surface area contributed by atoms with E-state index in [1.807, 2.05) is 0 Å². The van der Waals surface area contributed by atoms with E-state index in [0.29, 0.717) is 5.92 Å². The highest BCUT2D eigenvalue weighted by Gasteiger charge is 2.28. The Morgan fingerprint density at radius 1 is 1.06 bits per heavy atom. The van der Waals surface area contributed by atoms with Crippen LogP contribution in [0, 0.1) is 17.8 Å². The number of hydrogen-bond acceptors (Lipinski definition) is 2. The molecular weight excluding hydrogens is 222 g/mol. The Balaban J connectivity index is 1.77. The van der Waals surface area contributed by atoms with Crippen molar-refractivity contribution in [1.29, 1.82) is 0 Å². The lowest BCUT2D eigenvalue weighted by Crippen LogP contribution is -2.43. The van der Waals surface area contributed by atoms with E-state index in [1.165, 1.54) is 38.5 Å². The summed E-state index contributed by atoms with van der Waals surface area (Å²) in [6, 6.07) is 0.734. The van der Waals surface area contributed by atoms with Gasteiger partial charge in [0.15, 0.2) is 0 Å². The lowest BCUT2D eigenvalue weighted by molar-refractivity contribution is 0.0959. The monoisotopic (exact) mass is 253 g/mol. The maximum absolute atomic E-state index is 9.73. The van der Waals surface area contributed by atoms with Gasteiger partial charge < -0.3 is 10.4 Å². The zero-order valence-corrected chi connectivity index (χ0v) is 12.2. The van der Waals surface area contributed by atoms with Crippen LogP contribution in [0.4, 0.5) is 0 Å². The second-order valence-electron chi connectivity index (χ2n) is 6.89. The Labute approximate surface area is 113 Å². The molecule has 4 unspecified atom stereocenters. The van der Waals surface area contributed by atoms with Crippen LogP contribution in [0.5, 0.6) is 0 Å². The van der Waals surface area contributed by atoms with Crippen LogP contribution in [-0.4, -0.2) is 23.8 Å². The molecule has 2 rings (SSSR count). The number of aliphatic hydroxyl groups is 1. The Morgan fingerprint density at radius 3 is 2.56 bits per heavy atom. The van der Waals surface area contributed by atoms with Gasteiger partial charge in [0.25, 0.3) is 0 Å². The summed E-state index contributed by atoms with van der Waals surface area (Å²) in [6.45, 7) is 5.87. The van der Waals surface area contributed by atoms with Gasteiger partial charge in [-0.05, 0) is 56.4 Å². The first-order chi connectivity index (χ1) is 8.66. The van der Waals surface area contributed by atoms with E-state index in [-0.39, 0.29) is 6.10 Å². The number of rotatable bonds is 4.